The molecule has 0 aromatic carbocycles. The summed E-state index contributed by atoms with van der Waals surface area (Å²) in [5.74, 6) is 0. The molecular formula is C9H15ClN2O3S. The number of sulfonamides is 1. The molecule has 1 atom stereocenters. The smallest absolute Gasteiger partial charge is 0.276 e. The predicted molar refractivity (Wildman–Crippen MR) is 62.2 cm³/mol. The van der Waals surface area contributed by atoms with Crippen LogP contribution in [0.3, 0.4) is 0 Å². The molecule has 1 aromatic heterocycles. The maximum absolute atomic E-state index is 12.0. The van der Waals surface area contributed by atoms with Gasteiger partial charge in [0.25, 0.3) is 10.0 Å². The summed E-state index contributed by atoms with van der Waals surface area (Å²) in [5.41, 5.74) is 0. The van der Waals surface area contributed by atoms with Crippen molar-refractivity contribution in [2.45, 2.75) is 18.1 Å². The summed E-state index contributed by atoms with van der Waals surface area (Å²) in [6.07, 6.45) is 1.37. The van der Waals surface area contributed by atoms with E-state index in [-0.39, 0.29) is 23.5 Å². The Bertz CT molecular complexity index is 418. The second kappa shape index (κ2) is 5.18. The molecule has 0 saturated carbocycles. The number of piperazine rings is 1. The highest BCUT2D eigenvalue weighted by molar-refractivity contribution is 7.89. The molecule has 0 unspecified atom stereocenters. The molecule has 1 N–H and O–H groups in total. The third-order valence-corrected chi connectivity index (χ3v) is 4.17. The Hall–Kier alpha value is -0.560. The summed E-state index contributed by atoms with van der Waals surface area (Å²) < 4.78 is 30.4. The molecule has 0 radical (unpaired) electrons. The second-order valence-corrected chi connectivity index (χ2v) is 5.52. The lowest BCUT2D eigenvalue weighted by atomic mass is 10.3. The lowest BCUT2D eigenvalue weighted by Crippen LogP contribution is -2.51. The standard InChI is InChI=1S/C9H14N2O3S.ClH/c1-8-7-11(5-4-10-8)15(12,13)9-3-2-6-14-9;/h2-3,6,8,10H,4-5,7H2,1H3;1H/t8-;/m1./s1. The van der Waals surface area contributed by atoms with E-state index in [1.165, 1.54) is 16.6 Å². The Kier molecular flexibility index (Phi) is 4.37. The van der Waals surface area contributed by atoms with E-state index in [0.717, 1.165) is 0 Å². The molecule has 2 heterocycles. The van der Waals surface area contributed by atoms with Gasteiger partial charge in [0.15, 0.2) is 0 Å². The van der Waals surface area contributed by atoms with Crippen LogP contribution in [0.15, 0.2) is 27.9 Å². The third-order valence-electron chi connectivity index (χ3n) is 2.42. The first-order chi connectivity index (χ1) is 7.10. The monoisotopic (exact) mass is 266 g/mol. The van der Waals surface area contributed by atoms with Crippen molar-refractivity contribution in [2.75, 3.05) is 19.6 Å². The maximum Gasteiger partial charge on any atom is 0.276 e. The highest BCUT2D eigenvalue weighted by atomic mass is 35.5. The second-order valence-electron chi connectivity index (χ2n) is 3.65. The molecule has 7 heteroatoms. The molecule has 0 bridgehead atoms. The zero-order valence-corrected chi connectivity index (χ0v) is 10.6. The van der Waals surface area contributed by atoms with Gasteiger partial charge in [0.1, 0.15) is 0 Å². The lowest BCUT2D eigenvalue weighted by molar-refractivity contribution is 0.301. The zero-order valence-electron chi connectivity index (χ0n) is 8.92. The molecule has 0 amide bonds. The Balaban J connectivity index is 0.00000128. The fourth-order valence-electron chi connectivity index (χ4n) is 1.65. The van der Waals surface area contributed by atoms with Gasteiger partial charge in [-0.25, -0.2) is 8.42 Å². The van der Waals surface area contributed by atoms with Gasteiger partial charge in [0.2, 0.25) is 5.09 Å². The van der Waals surface area contributed by atoms with Crippen molar-refractivity contribution in [1.29, 1.82) is 0 Å². The molecule has 2 rings (SSSR count). The van der Waals surface area contributed by atoms with Gasteiger partial charge in [-0.05, 0) is 19.1 Å². The molecule has 92 valence electrons. The Morgan fingerprint density at radius 2 is 2.31 bits per heavy atom. The van der Waals surface area contributed by atoms with Gasteiger partial charge < -0.3 is 9.73 Å². The molecule has 1 aromatic rings. The number of halogens is 1. The highest BCUT2D eigenvalue weighted by Crippen LogP contribution is 2.17. The van der Waals surface area contributed by atoms with Crippen molar-refractivity contribution >= 4 is 22.4 Å². The molecule has 0 spiro atoms. The molecule has 16 heavy (non-hydrogen) atoms. The van der Waals surface area contributed by atoms with Gasteiger partial charge in [-0.15, -0.1) is 12.4 Å². The Morgan fingerprint density at radius 3 is 2.88 bits per heavy atom. The van der Waals surface area contributed by atoms with Crippen LogP contribution >= 0.6 is 12.4 Å². The van der Waals surface area contributed by atoms with E-state index in [1.54, 1.807) is 6.07 Å². The Morgan fingerprint density at radius 1 is 1.56 bits per heavy atom. The zero-order chi connectivity index (χ0) is 10.9. The number of hydrogen-bond donors (Lipinski definition) is 1. The summed E-state index contributed by atoms with van der Waals surface area (Å²) >= 11 is 0. The minimum absolute atomic E-state index is 0. The van der Waals surface area contributed by atoms with Crippen molar-refractivity contribution < 1.29 is 12.8 Å². The van der Waals surface area contributed by atoms with E-state index in [4.69, 9.17) is 4.42 Å². The Labute approximate surface area is 101 Å². The fourth-order valence-corrected chi connectivity index (χ4v) is 3.09. The van der Waals surface area contributed by atoms with Crippen LogP contribution in [0.2, 0.25) is 0 Å². The first kappa shape index (κ1) is 13.5. The van der Waals surface area contributed by atoms with Gasteiger partial charge in [0, 0.05) is 25.7 Å². The molecular weight excluding hydrogens is 252 g/mol. The third kappa shape index (κ3) is 2.57. The van der Waals surface area contributed by atoms with Crippen molar-refractivity contribution in [1.82, 2.24) is 9.62 Å². The van der Waals surface area contributed by atoms with Crippen molar-refractivity contribution in [3.05, 3.63) is 18.4 Å². The van der Waals surface area contributed by atoms with Crippen LogP contribution in [-0.2, 0) is 10.0 Å². The van der Waals surface area contributed by atoms with Crippen LogP contribution in [-0.4, -0.2) is 38.4 Å². The number of nitrogens with zero attached hydrogens (tertiary/aromatic N) is 1. The summed E-state index contributed by atoms with van der Waals surface area (Å²) in [6.45, 7) is 3.63. The number of rotatable bonds is 2. The van der Waals surface area contributed by atoms with Crippen LogP contribution in [0, 0.1) is 0 Å². The topological polar surface area (TPSA) is 62.6 Å². The van der Waals surface area contributed by atoms with Crippen LogP contribution in [0.1, 0.15) is 6.92 Å². The van der Waals surface area contributed by atoms with E-state index in [0.29, 0.717) is 19.6 Å². The van der Waals surface area contributed by atoms with E-state index >= 15 is 0 Å². The van der Waals surface area contributed by atoms with Gasteiger partial charge in [-0.2, -0.15) is 4.31 Å². The maximum atomic E-state index is 12.0. The van der Waals surface area contributed by atoms with Crippen molar-refractivity contribution in [3.63, 3.8) is 0 Å². The summed E-state index contributed by atoms with van der Waals surface area (Å²) in [4.78, 5) is 0. The van der Waals surface area contributed by atoms with Crippen molar-refractivity contribution in [3.8, 4) is 0 Å². The first-order valence-electron chi connectivity index (χ1n) is 4.88. The average Bonchev–Trinajstić information content (AvgIpc) is 2.71. The predicted octanol–water partition coefficient (Wildman–Crippen LogP) is 0.684. The highest BCUT2D eigenvalue weighted by Gasteiger charge is 2.30. The van der Waals surface area contributed by atoms with E-state index in [1.807, 2.05) is 6.92 Å². The van der Waals surface area contributed by atoms with Crippen LogP contribution in [0.25, 0.3) is 0 Å². The number of nitrogens with one attached hydrogen (secondary N) is 1. The normalized spacial score (nSPS) is 22.7. The van der Waals surface area contributed by atoms with Crippen molar-refractivity contribution in [2.24, 2.45) is 0 Å². The molecule has 1 aliphatic heterocycles. The molecule has 1 fully saturated rings. The lowest BCUT2D eigenvalue weighted by Gasteiger charge is -2.30. The molecule has 5 nitrogen and oxygen atoms in total. The molecule has 1 aliphatic rings. The van der Waals surface area contributed by atoms with E-state index in [2.05, 4.69) is 5.32 Å². The number of hydrogen-bond acceptors (Lipinski definition) is 4. The summed E-state index contributed by atoms with van der Waals surface area (Å²) in [7, 11) is -3.42. The van der Waals surface area contributed by atoms with Gasteiger partial charge in [0.05, 0.1) is 6.26 Å². The van der Waals surface area contributed by atoms with Gasteiger partial charge >= 0.3 is 0 Å². The fraction of sp³-hybridized carbons (Fsp3) is 0.556. The minimum Gasteiger partial charge on any atom is -0.452 e. The van der Waals surface area contributed by atoms with Crippen LogP contribution < -0.4 is 5.32 Å². The van der Waals surface area contributed by atoms with Gasteiger partial charge in [-0.3, -0.25) is 0 Å². The van der Waals surface area contributed by atoms with Crippen LogP contribution in [0.5, 0.6) is 0 Å². The minimum atomic E-state index is -3.42. The van der Waals surface area contributed by atoms with E-state index in [9.17, 15) is 8.42 Å². The largest absolute Gasteiger partial charge is 0.452 e. The number of furan rings is 1. The average molecular weight is 267 g/mol. The summed E-state index contributed by atoms with van der Waals surface area (Å²) in [5, 5.41) is 3.22. The van der Waals surface area contributed by atoms with Crippen LogP contribution in [0.4, 0.5) is 0 Å². The molecule has 0 aliphatic carbocycles. The first-order valence-corrected chi connectivity index (χ1v) is 6.32. The van der Waals surface area contributed by atoms with Gasteiger partial charge in [-0.1, -0.05) is 0 Å². The quantitative estimate of drug-likeness (QED) is 0.855. The summed E-state index contributed by atoms with van der Waals surface area (Å²) in [6, 6.07) is 3.24. The van der Waals surface area contributed by atoms with E-state index < -0.39 is 10.0 Å². The molecule has 1 saturated heterocycles. The SMILES string of the molecule is C[C@@H]1CN(S(=O)(=O)c2ccco2)CCN1.Cl.